The van der Waals surface area contributed by atoms with E-state index in [1.807, 2.05) is 36.7 Å². The Balaban J connectivity index is 0.00000300. The molecule has 0 unspecified atom stereocenters. The standard InChI is InChI=1S/C19H28ClN7O.HI/c1-15-23-24-18(25(15)2)14-22-19(21-8-13-28-3)27-11-9-26(10-12-27)17-7-5-4-6-16(17)20;/h4-7H,8-14H2,1-3H3,(H,21,22);1H. The van der Waals surface area contributed by atoms with E-state index < -0.39 is 0 Å². The van der Waals surface area contributed by atoms with Crippen molar-refractivity contribution in [3.8, 4) is 0 Å². The topological polar surface area (TPSA) is 70.8 Å². The summed E-state index contributed by atoms with van der Waals surface area (Å²) in [6, 6.07) is 7.99. The van der Waals surface area contributed by atoms with Crippen LogP contribution in [0.5, 0.6) is 0 Å². The molecule has 29 heavy (non-hydrogen) atoms. The third kappa shape index (κ3) is 6.19. The Morgan fingerprint density at radius 2 is 1.93 bits per heavy atom. The lowest BCUT2D eigenvalue weighted by atomic mass is 10.2. The highest BCUT2D eigenvalue weighted by atomic mass is 127. The Morgan fingerprint density at radius 3 is 2.55 bits per heavy atom. The van der Waals surface area contributed by atoms with Crippen molar-refractivity contribution in [2.45, 2.75) is 13.5 Å². The van der Waals surface area contributed by atoms with Gasteiger partial charge in [-0.05, 0) is 19.1 Å². The van der Waals surface area contributed by atoms with Crippen molar-refractivity contribution in [3.05, 3.63) is 40.9 Å². The number of piperazine rings is 1. The molecule has 1 aromatic carbocycles. The van der Waals surface area contributed by atoms with Crippen molar-refractivity contribution >= 4 is 47.2 Å². The van der Waals surface area contributed by atoms with Gasteiger partial charge in [0, 0.05) is 46.9 Å². The lowest BCUT2D eigenvalue weighted by Gasteiger charge is -2.38. The normalized spacial score (nSPS) is 14.7. The monoisotopic (exact) mass is 533 g/mol. The summed E-state index contributed by atoms with van der Waals surface area (Å²) in [6.07, 6.45) is 0. The molecule has 0 saturated carbocycles. The smallest absolute Gasteiger partial charge is 0.194 e. The average Bonchev–Trinajstić information content (AvgIpc) is 3.03. The van der Waals surface area contributed by atoms with Gasteiger partial charge >= 0.3 is 0 Å². The Morgan fingerprint density at radius 1 is 1.21 bits per heavy atom. The zero-order chi connectivity index (χ0) is 19.9. The Bertz CT molecular complexity index is 806. The van der Waals surface area contributed by atoms with Crippen molar-refractivity contribution in [3.63, 3.8) is 0 Å². The second-order valence-electron chi connectivity index (χ2n) is 6.71. The molecular formula is C19H29ClIN7O. The molecule has 1 saturated heterocycles. The summed E-state index contributed by atoms with van der Waals surface area (Å²) in [7, 11) is 3.66. The van der Waals surface area contributed by atoms with Crippen LogP contribution in [-0.2, 0) is 18.3 Å². The van der Waals surface area contributed by atoms with Crippen LogP contribution in [0.3, 0.4) is 0 Å². The molecule has 1 N–H and O–H groups in total. The summed E-state index contributed by atoms with van der Waals surface area (Å²) in [6.45, 7) is 7.25. The maximum atomic E-state index is 6.35. The molecule has 8 nitrogen and oxygen atoms in total. The van der Waals surface area contributed by atoms with Crippen LogP contribution in [0.25, 0.3) is 0 Å². The van der Waals surface area contributed by atoms with E-state index in [0.717, 1.165) is 54.5 Å². The van der Waals surface area contributed by atoms with Crippen LogP contribution in [0, 0.1) is 6.92 Å². The number of aromatic nitrogens is 3. The molecule has 1 aliphatic rings. The molecule has 1 aromatic heterocycles. The van der Waals surface area contributed by atoms with E-state index in [1.165, 1.54) is 0 Å². The molecule has 2 aromatic rings. The number of hydrogen-bond acceptors (Lipinski definition) is 5. The molecule has 0 atom stereocenters. The van der Waals surface area contributed by atoms with E-state index in [2.05, 4.69) is 31.4 Å². The largest absolute Gasteiger partial charge is 0.383 e. The third-order valence-corrected chi connectivity index (χ3v) is 5.23. The van der Waals surface area contributed by atoms with Gasteiger partial charge in [0.1, 0.15) is 12.4 Å². The van der Waals surface area contributed by atoms with E-state index >= 15 is 0 Å². The molecule has 0 amide bonds. The number of aryl methyl sites for hydroxylation is 1. The van der Waals surface area contributed by atoms with Crippen LogP contribution in [0.2, 0.25) is 5.02 Å². The molecule has 3 rings (SSSR count). The zero-order valence-corrected chi connectivity index (χ0v) is 20.2. The van der Waals surface area contributed by atoms with Crippen LogP contribution < -0.4 is 10.2 Å². The van der Waals surface area contributed by atoms with Gasteiger partial charge in [-0.25, -0.2) is 4.99 Å². The minimum Gasteiger partial charge on any atom is -0.383 e. The second kappa shape index (κ2) is 11.6. The quantitative estimate of drug-likeness (QED) is 0.266. The molecule has 10 heteroatoms. The summed E-state index contributed by atoms with van der Waals surface area (Å²) in [5, 5.41) is 12.5. The van der Waals surface area contributed by atoms with Crippen LogP contribution in [-0.4, -0.2) is 72.1 Å². The first-order valence-electron chi connectivity index (χ1n) is 9.46. The van der Waals surface area contributed by atoms with E-state index in [1.54, 1.807) is 7.11 Å². The number of ether oxygens (including phenoxy) is 1. The predicted octanol–water partition coefficient (Wildman–Crippen LogP) is 2.31. The molecule has 2 heterocycles. The van der Waals surface area contributed by atoms with Crippen molar-refractivity contribution in [2.75, 3.05) is 51.3 Å². The summed E-state index contributed by atoms with van der Waals surface area (Å²) >= 11 is 6.35. The number of anilines is 1. The first kappa shape index (κ1) is 23.7. The van der Waals surface area contributed by atoms with Crippen molar-refractivity contribution in [2.24, 2.45) is 12.0 Å². The van der Waals surface area contributed by atoms with E-state index in [0.29, 0.717) is 19.7 Å². The maximum Gasteiger partial charge on any atom is 0.194 e. The molecular weight excluding hydrogens is 505 g/mol. The van der Waals surface area contributed by atoms with Gasteiger partial charge in [0.25, 0.3) is 0 Å². The van der Waals surface area contributed by atoms with Crippen LogP contribution in [0.1, 0.15) is 11.6 Å². The summed E-state index contributed by atoms with van der Waals surface area (Å²) in [4.78, 5) is 9.37. The number of methoxy groups -OCH3 is 1. The predicted molar refractivity (Wildman–Crippen MR) is 127 cm³/mol. The van der Waals surface area contributed by atoms with Gasteiger partial charge in [-0.15, -0.1) is 34.2 Å². The molecule has 0 aliphatic carbocycles. The average molecular weight is 534 g/mol. The number of benzene rings is 1. The van der Waals surface area contributed by atoms with Gasteiger partial charge in [-0.2, -0.15) is 0 Å². The Hall–Kier alpha value is -1.59. The number of para-hydroxylation sites is 1. The molecule has 0 radical (unpaired) electrons. The lowest BCUT2D eigenvalue weighted by molar-refractivity contribution is 0.202. The SMILES string of the molecule is COCCNC(=NCc1nnc(C)n1C)N1CCN(c2ccccc2Cl)CC1.I. The highest BCUT2D eigenvalue weighted by Crippen LogP contribution is 2.26. The minimum atomic E-state index is 0. The number of rotatable bonds is 6. The highest BCUT2D eigenvalue weighted by molar-refractivity contribution is 14.0. The first-order valence-corrected chi connectivity index (χ1v) is 9.84. The summed E-state index contributed by atoms with van der Waals surface area (Å²) in [5.74, 6) is 2.60. The summed E-state index contributed by atoms with van der Waals surface area (Å²) < 4.78 is 7.13. The highest BCUT2D eigenvalue weighted by Gasteiger charge is 2.21. The second-order valence-corrected chi connectivity index (χ2v) is 7.11. The van der Waals surface area contributed by atoms with Gasteiger partial charge in [-0.3, -0.25) is 0 Å². The minimum absolute atomic E-state index is 0. The van der Waals surface area contributed by atoms with Gasteiger partial charge in [0.2, 0.25) is 0 Å². The Labute approximate surface area is 194 Å². The summed E-state index contributed by atoms with van der Waals surface area (Å²) in [5.41, 5.74) is 1.09. The Kier molecular flexibility index (Phi) is 9.44. The first-order chi connectivity index (χ1) is 13.6. The molecule has 1 aliphatic heterocycles. The zero-order valence-electron chi connectivity index (χ0n) is 17.1. The fourth-order valence-electron chi connectivity index (χ4n) is 3.13. The third-order valence-electron chi connectivity index (χ3n) is 4.91. The number of guanidine groups is 1. The number of nitrogens with zero attached hydrogens (tertiary/aromatic N) is 6. The van der Waals surface area contributed by atoms with Crippen molar-refractivity contribution in [1.82, 2.24) is 25.0 Å². The van der Waals surface area contributed by atoms with Crippen molar-refractivity contribution < 1.29 is 4.74 Å². The molecule has 1 fully saturated rings. The van der Waals surface area contributed by atoms with Gasteiger partial charge in [0.05, 0.1) is 17.3 Å². The van der Waals surface area contributed by atoms with Crippen molar-refractivity contribution in [1.29, 1.82) is 0 Å². The molecule has 0 spiro atoms. The van der Waals surface area contributed by atoms with E-state index in [9.17, 15) is 0 Å². The van der Waals surface area contributed by atoms with Gasteiger partial charge in [-0.1, -0.05) is 23.7 Å². The van der Waals surface area contributed by atoms with Crippen LogP contribution in [0.15, 0.2) is 29.3 Å². The van der Waals surface area contributed by atoms with Crippen LogP contribution in [0.4, 0.5) is 5.69 Å². The van der Waals surface area contributed by atoms with E-state index in [4.69, 9.17) is 21.3 Å². The number of halogens is 2. The fourth-order valence-corrected chi connectivity index (χ4v) is 3.39. The van der Waals surface area contributed by atoms with E-state index in [-0.39, 0.29) is 24.0 Å². The number of hydrogen-bond donors (Lipinski definition) is 1. The maximum absolute atomic E-state index is 6.35. The fraction of sp³-hybridized carbons (Fsp3) is 0.526. The number of aliphatic imine (C=N–C) groups is 1. The lowest BCUT2D eigenvalue weighted by Crippen LogP contribution is -2.53. The molecule has 160 valence electrons. The van der Waals surface area contributed by atoms with Crippen LogP contribution >= 0.6 is 35.6 Å². The number of nitrogens with one attached hydrogen (secondary N) is 1. The van der Waals surface area contributed by atoms with Gasteiger partial charge in [0.15, 0.2) is 11.8 Å². The van der Waals surface area contributed by atoms with Gasteiger partial charge < -0.3 is 24.4 Å². The molecule has 0 bridgehead atoms.